The molecule has 1 heterocycles. The molecule has 0 saturated carbocycles. The van der Waals surface area contributed by atoms with Gasteiger partial charge in [-0.05, 0) is 0 Å². The Kier molecular flexibility index (Phi) is 5.52. The molecule has 36 heavy (non-hydrogen) atoms. The Morgan fingerprint density at radius 1 is 0.583 bits per heavy atom. The van der Waals surface area contributed by atoms with E-state index in [1.165, 1.54) is 0 Å². The number of hydrogen-bond donors (Lipinski definition) is 0. The zero-order valence-corrected chi connectivity index (χ0v) is 21.2. The molecule has 0 bridgehead atoms. The van der Waals surface area contributed by atoms with E-state index in [4.69, 9.17) is 15.7 Å². The number of rotatable bonds is 5. The quantitative estimate of drug-likeness (QED) is 0.141. The Labute approximate surface area is 214 Å². The molecule has 0 spiro atoms. The Balaban J connectivity index is 1.74. The summed E-state index contributed by atoms with van der Waals surface area (Å²) in [7, 11) is 0. The molecule has 0 radical (unpaired) electrons. The van der Waals surface area contributed by atoms with Crippen molar-refractivity contribution in [2.75, 3.05) is 0 Å². The van der Waals surface area contributed by atoms with Crippen LogP contribution >= 0.6 is 17.2 Å². The summed E-state index contributed by atoms with van der Waals surface area (Å²) in [5.74, 6) is -3.61. The molecule has 0 saturated heterocycles. The number of halogens is 1. The molecule has 0 atom stereocenters. The van der Waals surface area contributed by atoms with Crippen LogP contribution in [0.1, 0.15) is 5.56 Å². The molecular weight excluding hydrogens is 483 g/mol. The molecule has 6 aromatic rings. The predicted molar refractivity (Wildman–Crippen MR) is 155 cm³/mol. The van der Waals surface area contributed by atoms with Gasteiger partial charge in [0.1, 0.15) is 0 Å². The van der Waals surface area contributed by atoms with Gasteiger partial charge >= 0.3 is 215 Å². The molecule has 5 aromatic carbocycles. The number of benzene rings is 5. The van der Waals surface area contributed by atoms with E-state index < -0.39 is 5.96 Å². The van der Waals surface area contributed by atoms with Crippen molar-refractivity contribution in [3.05, 3.63) is 149 Å². The van der Waals surface area contributed by atoms with Crippen LogP contribution in [-0.4, -0.2) is 0 Å². The Morgan fingerprint density at radius 2 is 1.08 bits per heavy atom. The first kappa shape index (κ1) is 22.7. The molecule has 0 amide bonds. The number of fused-ring (bicyclic) bond motifs is 3. The fourth-order valence-electron chi connectivity index (χ4n) is 5.34. The third-order valence-corrected chi connectivity index (χ3v) is 14.2. The van der Waals surface area contributed by atoms with E-state index in [1.807, 2.05) is 78.9 Å². The van der Waals surface area contributed by atoms with Gasteiger partial charge in [0.2, 0.25) is 0 Å². The molecule has 0 aliphatic heterocycles. The fourth-order valence-corrected chi connectivity index (χ4v) is 11.5. The molecular formula is C32H24ClO2P. The molecule has 0 aliphatic rings. The predicted octanol–water partition coefficient (Wildman–Crippen LogP) is 7.13. The minimum atomic E-state index is -3.61. The van der Waals surface area contributed by atoms with Gasteiger partial charge in [-0.1, -0.05) is 0 Å². The summed E-state index contributed by atoms with van der Waals surface area (Å²) in [6, 6.07) is 44.7. The number of hydrogen-bond acceptors (Lipinski definition) is 2. The van der Waals surface area contributed by atoms with Crippen LogP contribution < -0.4 is 21.5 Å². The summed E-state index contributed by atoms with van der Waals surface area (Å²) in [5, 5.41) is 6.04. The molecule has 0 fully saturated rings. The van der Waals surface area contributed by atoms with Crippen LogP contribution in [-0.2, 0) is 6.16 Å². The van der Waals surface area contributed by atoms with E-state index >= 15 is 0 Å². The van der Waals surface area contributed by atoms with Crippen molar-refractivity contribution in [1.82, 2.24) is 0 Å². The summed E-state index contributed by atoms with van der Waals surface area (Å²) >= 11 is 8.28. The molecule has 0 unspecified atom stereocenters. The molecule has 176 valence electrons. The van der Waals surface area contributed by atoms with Crippen molar-refractivity contribution in [3.63, 3.8) is 0 Å². The van der Waals surface area contributed by atoms with Gasteiger partial charge in [-0.25, -0.2) is 0 Å². The van der Waals surface area contributed by atoms with Crippen LogP contribution in [0.5, 0.6) is 0 Å². The van der Waals surface area contributed by atoms with Gasteiger partial charge < -0.3 is 0 Å². The molecule has 1 aromatic heterocycles. The van der Waals surface area contributed by atoms with Crippen molar-refractivity contribution in [2.24, 2.45) is 0 Å². The van der Waals surface area contributed by atoms with E-state index in [0.717, 1.165) is 37.6 Å². The van der Waals surface area contributed by atoms with E-state index in [2.05, 4.69) is 48.5 Å². The third kappa shape index (κ3) is 3.49. The second-order valence-electron chi connectivity index (χ2n) is 9.10. The zero-order chi connectivity index (χ0) is 24.6. The Morgan fingerprint density at radius 3 is 1.64 bits per heavy atom. The Hall–Kier alpha value is -3.71. The standard InChI is InChI=1S/C32H24ClO2P/c33-36(26-13-4-1-5-14-26,27-15-6-2-7-16-27,28-17-8-3-9-18-28)23-25-22-31(34)35-32-29-19-11-10-12-24(29)20-21-30(25)32/h1-22H,23H2. The normalized spacial score (nSPS) is 12.9. The fraction of sp³-hybridized carbons (Fsp3) is 0.0312. The summed E-state index contributed by atoms with van der Waals surface area (Å²) in [6.07, 6.45) is 0.478. The van der Waals surface area contributed by atoms with E-state index in [1.54, 1.807) is 6.07 Å². The van der Waals surface area contributed by atoms with Crippen LogP contribution in [0.25, 0.3) is 21.7 Å². The second kappa shape index (κ2) is 8.75. The van der Waals surface area contributed by atoms with Crippen molar-refractivity contribution >= 4 is 54.9 Å². The van der Waals surface area contributed by atoms with E-state index in [-0.39, 0.29) is 5.63 Å². The van der Waals surface area contributed by atoms with Crippen LogP contribution in [0.15, 0.2) is 143 Å². The van der Waals surface area contributed by atoms with Crippen LogP contribution in [0.2, 0.25) is 0 Å². The van der Waals surface area contributed by atoms with Gasteiger partial charge in [0, 0.05) is 0 Å². The minimum absolute atomic E-state index is 0.371. The molecule has 2 nitrogen and oxygen atoms in total. The first-order valence-electron chi connectivity index (χ1n) is 11.9. The average molecular weight is 507 g/mol. The monoisotopic (exact) mass is 506 g/mol. The van der Waals surface area contributed by atoms with Gasteiger partial charge in [0.05, 0.1) is 0 Å². The summed E-state index contributed by atoms with van der Waals surface area (Å²) in [6.45, 7) is 0. The Bertz CT molecular complexity index is 1650. The van der Waals surface area contributed by atoms with Crippen molar-refractivity contribution in [1.29, 1.82) is 0 Å². The topological polar surface area (TPSA) is 30.2 Å². The maximum absolute atomic E-state index is 13.0. The van der Waals surface area contributed by atoms with Gasteiger partial charge in [-0.3, -0.25) is 0 Å². The van der Waals surface area contributed by atoms with Crippen molar-refractivity contribution < 1.29 is 4.42 Å². The van der Waals surface area contributed by atoms with Gasteiger partial charge in [-0.15, -0.1) is 0 Å². The van der Waals surface area contributed by atoms with Gasteiger partial charge in [-0.2, -0.15) is 0 Å². The van der Waals surface area contributed by atoms with Crippen molar-refractivity contribution in [2.45, 2.75) is 6.16 Å². The van der Waals surface area contributed by atoms with Crippen LogP contribution in [0.4, 0.5) is 0 Å². The summed E-state index contributed by atoms with van der Waals surface area (Å²) < 4.78 is 5.80. The molecule has 4 heteroatoms. The summed E-state index contributed by atoms with van der Waals surface area (Å²) in [5.41, 5.74) is 1.12. The average Bonchev–Trinajstić information content (AvgIpc) is 2.94. The van der Waals surface area contributed by atoms with Gasteiger partial charge in [0.15, 0.2) is 0 Å². The van der Waals surface area contributed by atoms with E-state index in [9.17, 15) is 4.79 Å². The summed E-state index contributed by atoms with van der Waals surface area (Å²) in [4.78, 5) is 13.0. The molecule has 6 rings (SSSR count). The SMILES string of the molecule is O=c1cc(CP(Cl)(c2ccccc2)(c2ccccc2)c2ccccc2)c2ccc3ccccc3c2o1. The second-order valence-corrected chi connectivity index (χ2v) is 15.6. The molecule has 0 aliphatic carbocycles. The first-order chi connectivity index (χ1) is 17.6. The van der Waals surface area contributed by atoms with E-state index in [0.29, 0.717) is 11.7 Å². The van der Waals surface area contributed by atoms with Crippen LogP contribution in [0, 0.1) is 0 Å². The third-order valence-electron chi connectivity index (χ3n) is 7.07. The first-order valence-corrected chi connectivity index (χ1v) is 15.2. The zero-order valence-electron chi connectivity index (χ0n) is 19.6. The maximum atomic E-state index is 13.0. The van der Waals surface area contributed by atoms with Crippen molar-refractivity contribution in [3.8, 4) is 0 Å². The molecule has 0 N–H and O–H groups in total. The van der Waals surface area contributed by atoms with Gasteiger partial charge in [0.25, 0.3) is 0 Å². The van der Waals surface area contributed by atoms with Crippen LogP contribution in [0.3, 0.4) is 0 Å².